The van der Waals surface area contributed by atoms with Gasteiger partial charge in [-0.2, -0.15) is 0 Å². The van der Waals surface area contributed by atoms with Crippen molar-refractivity contribution in [3.8, 4) is 0 Å². The molecule has 4 nitrogen and oxygen atoms in total. The molecule has 2 aromatic rings. The molecule has 0 aliphatic carbocycles. The normalized spacial score (nSPS) is 16.0. The molecule has 1 aromatic carbocycles. The zero-order valence-corrected chi connectivity index (χ0v) is 9.39. The number of carbonyl (C=O) groups is 1. The number of benzene rings is 1. The number of nitrogens with zero attached hydrogens (tertiary/aromatic N) is 2. The number of carbonyl (C=O) groups excluding carboxylic acids is 1. The van der Waals surface area contributed by atoms with E-state index in [2.05, 4.69) is 10.3 Å². The fourth-order valence-electron chi connectivity index (χ4n) is 2.07. The highest BCUT2D eigenvalue weighted by Crippen LogP contribution is 2.18. The lowest BCUT2D eigenvalue weighted by Crippen LogP contribution is -2.48. The number of nitrogens with one attached hydrogen (secondary N) is 1. The summed E-state index contributed by atoms with van der Waals surface area (Å²) in [5.41, 5.74) is 0.969. The highest BCUT2D eigenvalue weighted by atomic mass is 16.2. The molecule has 1 N–H and O–H groups in total. The van der Waals surface area contributed by atoms with E-state index in [-0.39, 0.29) is 5.91 Å². The first kappa shape index (κ1) is 10.1. The van der Waals surface area contributed by atoms with Crippen LogP contribution in [0.15, 0.2) is 36.4 Å². The molecular weight excluding hydrogens is 214 g/mol. The molecule has 0 unspecified atom stereocenters. The molecule has 0 atom stereocenters. The summed E-state index contributed by atoms with van der Waals surface area (Å²) in [7, 11) is 0. The van der Waals surface area contributed by atoms with E-state index < -0.39 is 0 Å². The Bertz CT molecular complexity index is 567. The molecule has 4 heteroatoms. The van der Waals surface area contributed by atoms with Crippen molar-refractivity contribution in [3.05, 3.63) is 36.4 Å². The van der Waals surface area contributed by atoms with Gasteiger partial charge in [0.25, 0.3) is 0 Å². The lowest BCUT2D eigenvalue weighted by atomic mass is 10.2. The van der Waals surface area contributed by atoms with E-state index in [0.717, 1.165) is 23.3 Å². The smallest absolute Gasteiger partial charge is 0.239 e. The van der Waals surface area contributed by atoms with Crippen LogP contribution in [-0.4, -0.2) is 30.5 Å². The number of para-hydroxylation sites is 1. The number of hydrogen-bond acceptors (Lipinski definition) is 3. The van der Waals surface area contributed by atoms with Gasteiger partial charge in [0.2, 0.25) is 5.91 Å². The summed E-state index contributed by atoms with van der Waals surface area (Å²) >= 11 is 0. The molecule has 1 aliphatic rings. The SMILES string of the molecule is O=C1CN(c2ccc3ccccc3n2)CCN1. The fourth-order valence-corrected chi connectivity index (χ4v) is 2.07. The minimum absolute atomic E-state index is 0.0613. The van der Waals surface area contributed by atoms with Crippen LogP contribution in [0.5, 0.6) is 0 Å². The summed E-state index contributed by atoms with van der Waals surface area (Å²) in [5, 5.41) is 3.93. The van der Waals surface area contributed by atoms with Gasteiger partial charge in [-0.1, -0.05) is 18.2 Å². The maximum Gasteiger partial charge on any atom is 0.239 e. The average Bonchev–Trinajstić information content (AvgIpc) is 2.38. The zero-order valence-electron chi connectivity index (χ0n) is 9.39. The van der Waals surface area contributed by atoms with E-state index in [9.17, 15) is 4.79 Å². The lowest BCUT2D eigenvalue weighted by Gasteiger charge is -2.27. The monoisotopic (exact) mass is 227 g/mol. The van der Waals surface area contributed by atoms with Crippen LogP contribution in [0.1, 0.15) is 0 Å². The first-order valence-corrected chi connectivity index (χ1v) is 5.70. The zero-order chi connectivity index (χ0) is 11.7. The van der Waals surface area contributed by atoms with Crippen LogP contribution in [0.3, 0.4) is 0 Å². The second kappa shape index (κ2) is 4.05. The number of amides is 1. The van der Waals surface area contributed by atoms with Crippen molar-refractivity contribution in [1.29, 1.82) is 0 Å². The molecule has 1 saturated heterocycles. The van der Waals surface area contributed by atoms with E-state index in [1.54, 1.807) is 0 Å². The third kappa shape index (κ3) is 1.93. The minimum atomic E-state index is 0.0613. The Morgan fingerprint density at radius 1 is 1.18 bits per heavy atom. The summed E-state index contributed by atoms with van der Waals surface area (Å²) in [6.45, 7) is 1.90. The summed E-state index contributed by atoms with van der Waals surface area (Å²) in [6.07, 6.45) is 0. The molecule has 1 fully saturated rings. The van der Waals surface area contributed by atoms with Crippen LogP contribution in [-0.2, 0) is 4.79 Å². The second-order valence-corrected chi connectivity index (χ2v) is 4.13. The topological polar surface area (TPSA) is 45.2 Å². The maximum atomic E-state index is 11.3. The molecule has 0 spiro atoms. The number of anilines is 1. The van der Waals surface area contributed by atoms with Gasteiger partial charge in [-0.15, -0.1) is 0 Å². The first-order valence-electron chi connectivity index (χ1n) is 5.70. The van der Waals surface area contributed by atoms with E-state index in [0.29, 0.717) is 13.1 Å². The molecule has 0 bridgehead atoms. The van der Waals surface area contributed by atoms with Crippen molar-refractivity contribution in [3.63, 3.8) is 0 Å². The molecule has 2 heterocycles. The van der Waals surface area contributed by atoms with Crippen molar-refractivity contribution in [2.75, 3.05) is 24.5 Å². The van der Waals surface area contributed by atoms with Gasteiger partial charge in [0.05, 0.1) is 12.1 Å². The van der Waals surface area contributed by atoms with Crippen molar-refractivity contribution >= 4 is 22.6 Å². The van der Waals surface area contributed by atoms with Gasteiger partial charge in [-0.05, 0) is 18.2 Å². The third-order valence-electron chi connectivity index (χ3n) is 2.95. The number of pyridine rings is 1. The van der Waals surface area contributed by atoms with Crippen LogP contribution in [0.4, 0.5) is 5.82 Å². The Morgan fingerprint density at radius 2 is 2.06 bits per heavy atom. The largest absolute Gasteiger partial charge is 0.353 e. The Balaban J connectivity index is 1.97. The summed E-state index contributed by atoms with van der Waals surface area (Å²) in [4.78, 5) is 17.9. The number of rotatable bonds is 1. The highest BCUT2D eigenvalue weighted by molar-refractivity contribution is 5.84. The van der Waals surface area contributed by atoms with Crippen LogP contribution < -0.4 is 10.2 Å². The predicted molar refractivity (Wildman–Crippen MR) is 67.0 cm³/mol. The molecule has 17 heavy (non-hydrogen) atoms. The van der Waals surface area contributed by atoms with Crippen LogP contribution >= 0.6 is 0 Å². The third-order valence-corrected chi connectivity index (χ3v) is 2.95. The van der Waals surface area contributed by atoms with Gasteiger partial charge in [-0.3, -0.25) is 4.79 Å². The van der Waals surface area contributed by atoms with Gasteiger partial charge in [0, 0.05) is 18.5 Å². The number of hydrogen-bond donors (Lipinski definition) is 1. The Hall–Kier alpha value is -2.10. The van der Waals surface area contributed by atoms with E-state index in [1.807, 2.05) is 41.3 Å². The van der Waals surface area contributed by atoms with Gasteiger partial charge >= 0.3 is 0 Å². The number of aromatic nitrogens is 1. The number of piperazine rings is 1. The Kier molecular flexibility index (Phi) is 2.40. The predicted octanol–water partition coefficient (Wildman–Crippen LogP) is 1.17. The molecule has 86 valence electrons. The summed E-state index contributed by atoms with van der Waals surface area (Å²) in [6, 6.07) is 12.0. The minimum Gasteiger partial charge on any atom is -0.353 e. The first-order chi connectivity index (χ1) is 8.33. The van der Waals surface area contributed by atoms with E-state index in [4.69, 9.17) is 0 Å². The Labute approximate surface area is 99.3 Å². The maximum absolute atomic E-state index is 11.3. The Morgan fingerprint density at radius 3 is 2.94 bits per heavy atom. The van der Waals surface area contributed by atoms with Gasteiger partial charge < -0.3 is 10.2 Å². The molecule has 0 radical (unpaired) electrons. The van der Waals surface area contributed by atoms with E-state index >= 15 is 0 Å². The number of fused-ring (bicyclic) bond motifs is 1. The lowest BCUT2D eigenvalue weighted by molar-refractivity contribution is -0.120. The van der Waals surface area contributed by atoms with Gasteiger partial charge in [0.1, 0.15) is 5.82 Å². The summed E-state index contributed by atoms with van der Waals surface area (Å²) in [5.74, 6) is 0.935. The van der Waals surface area contributed by atoms with Crippen LogP contribution in [0.2, 0.25) is 0 Å². The van der Waals surface area contributed by atoms with Crippen molar-refractivity contribution in [1.82, 2.24) is 10.3 Å². The molecule has 3 rings (SSSR count). The molecule has 0 saturated carbocycles. The van der Waals surface area contributed by atoms with Crippen molar-refractivity contribution in [2.24, 2.45) is 0 Å². The molecular formula is C13H13N3O. The van der Waals surface area contributed by atoms with Crippen LogP contribution in [0, 0.1) is 0 Å². The standard InChI is InChI=1S/C13H13N3O/c17-13-9-16(8-7-14-13)12-6-5-10-3-1-2-4-11(10)15-12/h1-6H,7-9H2,(H,14,17). The van der Waals surface area contributed by atoms with Crippen LogP contribution in [0.25, 0.3) is 10.9 Å². The van der Waals surface area contributed by atoms with Gasteiger partial charge in [-0.25, -0.2) is 4.98 Å². The van der Waals surface area contributed by atoms with Gasteiger partial charge in [0.15, 0.2) is 0 Å². The van der Waals surface area contributed by atoms with Crippen molar-refractivity contribution in [2.45, 2.75) is 0 Å². The highest BCUT2D eigenvalue weighted by Gasteiger charge is 2.17. The average molecular weight is 227 g/mol. The molecule has 1 aliphatic heterocycles. The fraction of sp³-hybridized carbons (Fsp3) is 0.231. The molecule has 1 amide bonds. The summed E-state index contributed by atoms with van der Waals surface area (Å²) < 4.78 is 0. The van der Waals surface area contributed by atoms with E-state index in [1.165, 1.54) is 0 Å². The quantitative estimate of drug-likeness (QED) is 0.795. The van der Waals surface area contributed by atoms with Crippen molar-refractivity contribution < 1.29 is 4.79 Å². The second-order valence-electron chi connectivity index (χ2n) is 4.13. The molecule has 1 aromatic heterocycles.